The average molecular weight is 467 g/mol. The van der Waals surface area contributed by atoms with Crippen LogP contribution in [0.4, 0.5) is 0 Å². The number of fused-ring (bicyclic) bond motifs is 3. The van der Waals surface area contributed by atoms with Gasteiger partial charge < -0.3 is 0 Å². The van der Waals surface area contributed by atoms with Crippen molar-refractivity contribution < 1.29 is 0 Å². The van der Waals surface area contributed by atoms with Crippen LogP contribution in [-0.4, -0.2) is 29.4 Å². The van der Waals surface area contributed by atoms with Gasteiger partial charge in [-0.3, -0.25) is 4.68 Å². The average Bonchev–Trinajstić information content (AvgIpc) is 3.34. The maximum Gasteiger partial charge on any atom is 0.182 e. The van der Waals surface area contributed by atoms with Crippen molar-refractivity contribution in [2.45, 2.75) is 34.2 Å². The second-order valence-electron chi connectivity index (χ2n) is 7.25. The predicted molar refractivity (Wildman–Crippen MR) is 120 cm³/mol. The highest BCUT2D eigenvalue weighted by atomic mass is 79.9. The Hall–Kier alpha value is -2.58. The number of aromatic nitrogens is 6. The fourth-order valence-electron chi connectivity index (χ4n) is 3.58. The molecule has 0 saturated heterocycles. The summed E-state index contributed by atoms with van der Waals surface area (Å²) in [5.41, 5.74) is 6.36. The van der Waals surface area contributed by atoms with E-state index in [1.807, 2.05) is 23.7 Å². The van der Waals surface area contributed by atoms with E-state index in [2.05, 4.69) is 64.0 Å². The molecule has 4 aromatic heterocycles. The van der Waals surface area contributed by atoms with Gasteiger partial charge in [-0.1, -0.05) is 18.2 Å². The maximum atomic E-state index is 4.86. The molecule has 0 atom stereocenters. The van der Waals surface area contributed by atoms with Crippen molar-refractivity contribution in [3.05, 3.63) is 62.5 Å². The number of halogens is 1. The van der Waals surface area contributed by atoms with Crippen molar-refractivity contribution in [2.75, 3.05) is 0 Å². The largest absolute Gasteiger partial charge is 0.264 e. The minimum absolute atomic E-state index is 0.702. The molecular formula is C21H19BrN6S. The zero-order chi connectivity index (χ0) is 20.3. The molecule has 1 aromatic carbocycles. The molecule has 5 aromatic rings. The first-order valence-electron chi connectivity index (χ1n) is 9.32. The normalized spacial score (nSPS) is 11.8. The monoisotopic (exact) mass is 466 g/mol. The van der Waals surface area contributed by atoms with Crippen LogP contribution in [0.5, 0.6) is 0 Å². The van der Waals surface area contributed by atoms with Crippen LogP contribution < -0.4 is 0 Å². The molecule has 5 rings (SSSR count). The zero-order valence-corrected chi connectivity index (χ0v) is 19.0. The highest BCUT2D eigenvalue weighted by Crippen LogP contribution is 2.31. The Morgan fingerprint density at radius 3 is 2.69 bits per heavy atom. The lowest BCUT2D eigenvalue weighted by Crippen LogP contribution is -2.04. The molecule has 0 N–H and O–H groups in total. The van der Waals surface area contributed by atoms with Crippen LogP contribution in [0, 0.1) is 27.7 Å². The van der Waals surface area contributed by atoms with E-state index in [0.717, 1.165) is 42.9 Å². The lowest BCUT2D eigenvalue weighted by atomic mass is 10.1. The fraction of sp³-hybridized carbons (Fsp3) is 0.238. The van der Waals surface area contributed by atoms with E-state index >= 15 is 0 Å². The topological polar surface area (TPSA) is 60.9 Å². The van der Waals surface area contributed by atoms with E-state index in [4.69, 9.17) is 4.98 Å². The first-order chi connectivity index (χ1) is 13.9. The van der Waals surface area contributed by atoms with Crippen LogP contribution in [0.2, 0.25) is 0 Å². The van der Waals surface area contributed by atoms with Crippen LogP contribution in [-0.2, 0) is 6.54 Å². The summed E-state index contributed by atoms with van der Waals surface area (Å²) in [7, 11) is 0. The summed E-state index contributed by atoms with van der Waals surface area (Å²) in [6.45, 7) is 9.02. The summed E-state index contributed by atoms with van der Waals surface area (Å²) in [5.74, 6) is 0.707. The van der Waals surface area contributed by atoms with Gasteiger partial charge in [0.15, 0.2) is 11.5 Å². The summed E-state index contributed by atoms with van der Waals surface area (Å²) < 4.78 is 4.86. The van der Waals surface area contributed by atoms with Crippen LogP contribution >= 0.6 is 27.3 Å². The minimum Gasteiger partial charge on any atom is -0.264 e. The van der Waals surface area contributed by atoms with Gasteiger partial charge >= 0.3 is 0 Å². The Morgan fingerprint density at radius 1 is 1.10 bits per heavy atom. The Labute approximate surface area is 180 Å². The quantitative estimate of drug-likeness (QED) is 0.364. The predicted octanol–water partition coefficient (Wildman–Crippen LogP) is 5.25. The molecule has 0 fully saturated rings. The molecule has 0 saturated carbocycles. The van der Waals surface area contributed by atoms with Crippen molar-refractivity contribution in [1.29, 1.82) is 0 Å². The SMILES string of the molecule is Cc1nn(Cc2cccc(-c3nc4c5c(C)c(C)sc5ncn4n3)c2)c(C)c1Br. The standard InChI is InChI=1S/C21H19BrN6S/c1-11-14(4)29-21-17(11)20-24-19(26-28(20)10-23-21)16-7-5-6-15(8-16)9-27-13(3)18(22)12(2)25-27/h5-8,10H,9H2,1-4H3. The third kappa shape index (κ3) is 2.98. The molecule has 0 bridgehead atoms. The molecule has 0 aliphatic heterocycles. The number of nitrogens with zero attached hydrogens (tertiary/aromatic N) is 6. The summed E-state index contributed by atoms with van der Waals surface area (Å²) in [5, 5.41) is 10.4. The molecule has 0 aliphatic carbocycles. The van der Waals surface area contributed by atoms with E-state index in [-0.39, 0.29) is 0 Å². The van der Waals surface area contributed by atoms with Crippen LogP contribution in [0.1, 0.15) is 27.4 Å². The van der Waals surface area contributed by atoms with Crippen molar-refractivity contribution >= 4 is 43.1 Å². The summed E-state index contributed by atoms with van der Waals surface area (Å²) in [6, 6.07) is 8.34. The van der Waals surface area contributed by atoms with Gasteiger partial charge in [0.2, 0.25) is 0 Å². The van der Waals surface area contributed by atoms with Crippen molar-refractivity contribution in [3.63, 3.8) is 0 Å². The van der Waals surface area contributed by atoms with Crippen LogP contribution in [0.25, 0.3) is 27.3 Å². The Kier molecular flexibility index (Phi) is 4.29. The first-order valence-corrected chi connectivity index (χ1v) is 10.9. The molecule has 0 amide bonds. The maximum absolute atomic E-state index is 4.86. The van der Waals surface area contributed by atoms with Gasteiger partial charge in [0, 0.05) is 10.4 Å². The number of thiophene rings is 1. The second-order valence-corrected chi connectivity index (χ2v) is 9.25. The molecule has 0 unspecified atom stereocenters. The van der Waals surface area contributed by atoms with Gasteiger partial charge in [-0.2, -0.15) is 5.10 Å². The van der Waals surface area contributed by atoms with Gasteiger partial charge in [-0.25, -0.2) is 14.5 Å². The minimum atomic E-state index is 0.702. The first kappa shape index (κ1) is 18.4. The molecule has 0 spiro atoms. The second kappa shape index (κ2) is 6.74. The zero-order valence-electron chi connectivity index (χ0n) is 16.6. The number of hydrogen-bond donors (Lipinski definition) is 0. The van der Waals surface area contributed by atoms with Crippen LogP contribution in [0.15, 0.2) is 35.1 Å². The number of hydrogen-bond acceptors (Lipinski definition) is 5. The number of rotatable bonds is 3. The molecule has 146 valence electrons. The molecule has 6 nitrogen and oxygen atoms in total. The van der Waals surface area contributed by atoms with Crippen molar-refractivity contribution in [1.82, 2.24) is 29.4 Å². The van der Waals surface area contributed by atoms with Gasteiger partial charge in [0.1, 0.15) is 11.2 Å². The van der Waals surface area contributed by atoms with Crippen LogP contribution in [0.3, 0.4) is 0 Å². The molecule has 0 radical (unpaired) electrons. The smallest absolute Gasteiger partial charge is 0.182 e. The fourth-order valence-corrected chi connectivity index (χ4v) is 4.85. The van der Waals surface area contributed by atoms with Crippen molar-refractivity contribution in [3.8, 4) is 11.4 Å². The van der Waals surface area contributed by atoms with E-state index in [1.54, 1.807) is 22.2 Å². The lowest BCUT2D eigenvalue weighted by Gasteiger charge is -2.06. The number of aryl methyl sites for hydroxylation is 3. The van der Waals surface area contributed by atoms with Gasteiger partial charge in [0.05, 0.1) is 27.8 Å². The summed E-state index contributed by atoms with van der Waals surface area (Å²) in [6.07, 6.45) is 1.75. The molecule has 4 heterocycles. The molecule has 0 aliphatic rings. The van der Waals surface area contributed by atoms with Crippen molar-refractivity contribution in [2.24, 2.45) is 0 Å². The molecule has 29 heavy (non-hydrogen) atoms. The summed E-state index contributed by atoms with van der Waals surface area (Å²) >= 11 is 5.30. The lowest BCUT2D eigenvalue weighted by molar-refractivity contribution is 0.659. The molecular weight excluding hydrogens is 448 g/mol. The van der Waals surface area contributed by atoms with Gasteiger partial charge in [-0.15, -0.1) is 16.4 Å². The Bertz CT molecular complexity index is 1390. The van der Waals surface area contributed by atoms with E-state index in [0.29, 0.717) is 12.4 Å². The third-order valence-corrected chi connectivity index (χ3v) is 7.58. The number of benzene rings is 1. The third-order valence-electron chi connectivity index (χ3n) is 5.32. The van der Waals surface area contributed by atoms with E-state index in [9.17, 15) is 0 Å². The highest BCUT2D eigenvalue weighted by molar-refractivity contribution is 9.10. The Morgan fingerprint density at radius 2 is 1.93 bits per heavy atom. The van der Waals surface area contributed by atoms with E-state index in [1.165, 1.54) is 10.4 Å². The Balaban J connectivity index is 1.57. The molecule has 8 heteroatoms. The van der Waals surface area contributed by atoms with Gasteiger partial charge in [-0.05, 0) is 60.8 Å². The highest BCUT2D eigenvalue weighted by Gasteiger charge is 2.15. The summed E-state index contributed by atoms with van der Waals surface area (Å²) in [4.78, 5) is 11.7. The van der Waals surface area contributed by atoms with Gasteiger partial charge in [0.25, 0.3) is 0 Å². The van der Waals surface area contributed by atoms with E-state index < -0.39 is 0 Å².